The number of benzene rings is 1. The van der Waals surface area contributed by atoms with Crippen molar-refractivity contribution in [1.29, 1.82) is 0 Å². The van der Waals surface area contributed by atoms with Gasteiger partial charge in [0.25, 0.3) is 0 Å². The van der Waals surface area contributed by atoms with Crippen LogP contribution >= 0.6 is 23.2 Å². The van der Waals surface area contributed by atoms with E-state index in [9.17, 15) is 9.90 Å². The maximum atomic E-state index is 15.3. The number of hydrogen-bond donors (Lipinski definition) is 2. The van der Waals surface area contributed by atoms with Gasteiger partial charge in [-0.25, -0.2) is 9.37 Å². The number of rotatable bonds is 5. The number of aromatic amines is 1. The Labute approximate surface area is 231 Å². The molecule has 7 rings (SSSR count). The first kappa shape index (κ1) is 24.4. The molecular formula is C26H21Cl2FN8O2. The molecule has 5 heterocycles. The Hall–Kier alpha value is -3.67. The normalized spacial score (nSPS) is 21.7. The number of nitrogens with one attached hydrogen (secondary N) is 1. The van der Waals surface area contributed by atoms with Gasteiger partial charge in [-0.2, -0.15) is 4.68 Å². The van der Waals surface area contributed by atoms with Gasteiger partial charge in [0, 0.05) is 29.4 Å². The fourth-order valence-electron chi connectivity index (χ4n) is 5.63. The average molecular weight is 567 g/mol. The second kappa shape index (κ2) is 8.94. The predicted molar refractivity (Wildman–Crippen MR) is 139 cm³/mol. The summed E-state index contributed by atoms with van der Waals surface area (Å²) in [5.74, 6) is -0.293. The van der Waals surface area contributed by atoms with E-state index in [1.165, 1.54) is 23.2 Å². The second-order valence-electron chi connectivity index (χ2n) is 10.1. The van der Waals surface area contributed by atoms with Crippen molar-refractivity contribution < 1.29 is 14.3 Å². The van der Waals surface area contributed by atoms with Crippen LogP contribution in [0.25, 0.3) is 22.5 Å². The molecule has 1 amide bonds. The fourth-order valence-corrected chi connectivity index (χ4v) is 6.04. The molecule has 2 atom stereocenters. The molecular weight excluding hydrogens is 546 g/mol. The van der Waals surface area contributed by atoms with Crippen molar-refractivity contribution in [1.82, 2.24) is 40.1 Å². The zero-order valence-electron chi connectivity index (χ0n) is 20.4. The molecule has 13 heteroatoms. The average Bonchev–Trinajstić information content (AvgIpc) is 3.31. The second-order valence-corrected chi connectivity index (χ2v) is 10.9. The van der Waals surface area contributed by atoms with Crippen molar-refractivity contribution in [2.24, 2.45) is 0 Å². The lowest BCUT2D eigenvalue weighted by molar-refractivity contribution is -0.129. The van der Waals surface area contributed by atoms with Crippen LogP contribution in [-0.4, -0.2) is 57.1 Å². The number of pyridine rings is 1. The van der Waals surface area contributed by atoms with Gasteiger partial charge in [-0.3, -0.25) is 9.78 Å². The highest BCUT2D eigenvalue weighted by atomic mass is 35.5. The lowest BCUT2D eigenvalue weighted by Crippen LogP contribution is -2.39. The largest absolute Gasteiger partial charge is 0.384 e. The summed E-state index contributed by atoms with van der Waals surface area (Å²) in [4.78, 5) is 27.5. The van der Waals surface area contributed by atoms with Crippen molar-refractivity contribution in [3.05, 3.63) is 75.9 Å². The lowest BCUT2D eigenvalue weighted by Gasteiger charge is -2.33. The first-order valence-corrected chi connectivity index (χ1v) is 13.3. The number of H-pyrrole nitrogens is 1. The third-order valence-corrected chi connectivity index (χ3v) is 8.29. The van der Waals surface area contributed by atoms with Crippen LogP contribution in [0.15, 0.2) is 42.9 Å². The molecule has 198 valence electrons. The Morgan fingerprint density at radius 3 is 2.79 bits per heavy atom. The van der Waals surface area contributed by atoms with Gasteiger partial charge in [-0.1, -0.05) is 23.2 Å². The molecule has 0 bridgehead atoms. The quantitative estimate of drug-likeness (QED) is 0.366. The maximum Gasteiger partial charge on any atom is 0.247 e. The van der Waals surface area contributed by atoms with Crippen molar-refractivity contribution >= 4 is 34.7 Å². The van der Waals surface area contributed by atoms with Gasteiger partial charge in [0.1, 0.15) is 28.6 Å². The molecule has 1 aliphatic carbocycles. The standard InChI is InChI=1S/C26H21Cl2FN8O2/c27-16-2-4-17(36-12-31-34-35-36)21(22(16)29)14-9-15-1-3-18(37(15)20(38)11-14)25-32-23(24(28)33-25)13-5-8-30-19(10-13)26(39)6-7-26/h2,4-5,8,10-12,15,18,39H,1,3,6-7,9H2,(H,32,33)/t15-,18-/m1/s1. The summed E-state index contributed by atoms with van der Waals surface area (Å²) in [5, 5.41) is 21.9. The van der Waals surface area contributed by atoms with Gasteiger partial charge in [0.2, 0.25) is 5.91 Å². The molecule has 1 aromatic carbocycles. The summed E-state index contributed by atoms with van der Waals surface area (Å²) >= 11 is 12.7. The molecule has 0 radical (unpaired) electrons. The SMILES string of the molecule is O=C1C=C(c2c(-n3cnnn3)ccc(Cl)c2F)C[C@H]2CC[C@H](c3nc(-c4ccnc(C5(O)CC5)c4)c(Cl)[nH]3)N12. The molecule has 10 nitrogen and oxygen atoms in total. The first-order chi connectivity index (χ1) is 18.8. The van der Waals surface area contributed by atoms with Crippen LogP contribution in [0.4, 0.5) is 4.39 Å². The van der Waals surface area contributed by atoms with Gasteiger partial charge in [0.05, 0.1) is 22.4 Å². The van der Waals surface area contributed by atoms with Crippen LogP contribution in [0.2, 0.25) is 10.2 Å². The predicted octanol–water partition coefficient (Wildman–Crippen LogP) is 4.39. The van der Waals surface area contributed by atoms with Gasteiger partial charge < -0.3 is 15.0 Å². The number of imidazole rings is 1. The summed E-state index contributed by atoms with van der Waals surface area (Å²) in [6.07, 6.45) is 7.61. The van der Waals surface area contributed by atoms with E-state index in [0.29, 0.717) is 65.7 Å². The number of carbonyl (C=O) groups excluding carboxylic acids is 1. The van der Waals surface area contributed by atoms with Gasteiger partial charge in [0.15, 0.2) is 5.82 Å². The maximum absolute atomic E-state index is 15.3. The summed E-state index contributed by atoms with van der Waals surface area (Å²) < 4.78 is 16.7. The molecule has 39 heavy (non-hydrogen) atoms. The van der Waals surface area contributed by atoms with Gasteiger partial charge >= 0.3 is 0 Å². The highest BCUT2D eigenvalue weighted by Crippen LogP contribution is 2.46. The Kier molecular flexibility index (Phi) is 5.58. The first-order valence-electron chi connectivity index (χ1n) is 12.5. The van der Waals surface area contributed by atoms with Crippen molar-refractivity contribution in [3.63, 3.8) is 0 Å². The third-order valence-electron chi connectivity index (χ3n) is 7.73. The van der Waals surface area contributed by atoms with Crippen molar-refractivity contribution in [3.8, 4) is 16.9 Å². The highest BCUT2D eigenvalue weighted by molar-refractivity contribution is 6.32. The van der Waals surface area contributed by atoms with Crippen molar-refractivity contribution in [2.45, 2.75) is 49.8 Å². The summed E-state index contributed by atoms with van der Waals surface area (Å²) in [6.45, 7) is 0. The van der Waals surface area contributed by atoms with Crippen molar-refractivity contribution in [2.75, 3.05) is 0 Å². The van der Waals surface area contributed by atoms with Crippen LogP contribution < -0.4 is 0 Å². The molecule has 4 aromatic rings. The molecule has 0 unspecified atom stereocenters. The summed E-state index contributed by atoms with van der Waals surface area (Å²) in [5.41, 5.74) is 2.14. The Morgan fingerprint density at radius 2 is 2.03 bits per heavy atom. The lowest BCUT2D eigenvalue weighted by atomic mass is 9.92. The van der Waals surface area contributed by atoms with E-state index in [-0.39, 0.29) is 28.6 Å². The van der Waals surface area contributed by atoms with E-state index >= 15 is 4.39 Å². The fraction of sp³-hybridized carbons (Fsp3) is 0.308. The van der Waals surface area contributed by atoms with E-state index in [4.69, 9.17) is 28.2 Å². The van der Waals surface area contributed by atoms with Crippen LogP contribution in [0, 0.1) is 5.82 Å². The molecule has 2 fully saturated rings. The number of fused-ring (bicyclic) bond motifs is 1. The number of aliphatic hydroxyl groups is 1. The number of hydrogen-bond acceptors (Lipinski definition) is 7. The molecule has 0 spiro atoms. The topological polar surface area (TPSA) is 126 Å². The minimum atomic E-state index is -0.878. The van der Waals surface area contributed by atoms with E-state index in [0.717, 1.165) is 5.56 Å². The molecule has 3 aromatic heterocycles. The smallest absolute Gasteiger partial charge is 0.247 e. The van der Waals surface area contributed by atoms with Crippen LogP contribution in [0.5, 0.6) is 0 Å². The highest BCUT2D eigenvalue weighted by Gasteiger charge is 2.44. The number of halogens is 3. The minimum absolute atomic E-state index is 0.0484. The van der Waals surface area contributed by atoms with Crippen LogP contribution in [0.3, 0.4) is 0 Å². The zero-order valence-corrected chi connectivity index (χ0v) is 21.9. The molecule has 2 aliphatic heterocycles. The number of tetrazole rings is 1. The number of amides is 1. The van der Waals surface area contributed by atoms with E-state index in [1.807, 2.05) is 0 Å². The Morgan fingerprint density at radius 1 is 1.18 bits per heavy atom. The third kappa shape index (κ3) is 4.03. The molecule has 1 saturated carbocycles. The summed E-state index contributed by atoms with van der Waals surface area (Å²) in [7, 11) is 0. The van der Waals surface area contributed by atoms with E-state index in [1.54, 1.807) is 29.3 Å². The Balaban J connectivity index is 1.21. The molecule has 2 N–H and O–H groups in total. The van der Waals surface area contributed by atoms with E-state index < -0.39 is 11.4 Å². The summed E-state index contributed by atoms with van der Waals surface area (Å²) in [6, 6.07) is 6.19. The minimum Gasteiger partial charge on any atom is -0.384 e. The Bertz CT molecular complexity index is 1650. The van der Waals surface area contributed by atoms with Gasteiger partial charge in [-0.05, 0) is 72.4 Å². The van der Waals surface area contributed by atoms with Crippen LogP contribution in [0.1, 0.15) is 55.2 Å². The molecule has 3 aliphatic rings. The molecule has 1 saturated heterocycles. The number of nitrogens with zero attached hydrogens (tertiary/aromatic N) is 7. The number of carbonyl (C=O) groups is 1. The van der Waals surface area contributed by atoms with Gasteiger partial charge in [-0.15, -0.1) is 5.10 Å². The number of aromatic nitrogens is 7. The monoisotopic (exact) mass is 566 g/mol. The van der Waals surface area contributed by atoms with Crippen LogP contribution in [-0.2, 0) is 10.4 Å². The van der Waals surface area contributed by atoms with E-state index in [2.05, 4.69) is 25.5 Å². The zero-order chi connectivity index (χ0) is 26.9.